The molecule has 0 radical (unpaired) electrons. The van der Waals surface area contributed by atoms with Crippen molar-refractivity contribution < 1.29 is 4.74 Å². The van der Waals surface area contributed by atoms with Gasteiger partial charge in [0.25, 0.3) is 0 Å². The number of para-hydroxylation sites is 1. The van der Waals surface area contributed by atoms with Gasteiger partial charge in [0.05, 0.1) is 13.7 Å². The van der Waals surface area contributed by atoms with Crippen molar-refractivity contribution in [1.82, 2.24) is 5.32 Å². The number of aliphatic imine (C=N–C) groups is 1. The zero-order valence-corrected chi connectivity index (χ0v) is 13.4. The minimum absolute atomic E-state index is 0.656. The zero-order chi connectivity index (χ0) is 14.4. The molecule has 1 aromatic carbocycles. The summed E-state index contributed by atoms with van der Waals surface area (Å²) in [5, 5.41) is 5.20. The summed E-state index contributed by atoms with van der Waals surface area (Å²) >= 11 is 1.89. The van der Waals surface area contributed by atoms with Gasteiger partial charge in [-0.05, 0) is 30.4 Å². The summed E-state index contributed by atoms with van der Waals surface area (Å²) in [7, 11) is 1.72. The van der Waals surface area contributed by atoms with Crippen LogP contribution < -0.4 is 10.1 Å². The van der Waals surface area contributed by atoms with Crippen LogP contribution >= 0.6 is 11.8 Å². The minimum Gasteiger partial charge on any atom is -0.496 e. The van der Waals surface area contributed by atoms with Crippen LogP contribution in [0, 0.1) is 5.92 Å². The van der Waals surface area contributed by atoms with Gasteiger partial charge < -0.3 is 10.1 Å². The average molecular weight is 292 g/mol. The van der Waals surface area contributed by atoms with Gasteiger partial charge in [-0.15, -0.1) is 0 Å². The van der Waals surface area contributed by atoms with Crippen LogP contribution in [-0.2, 0) is 6.42 Å². The van der Waals surface area contributed by atoms with Crippen LogP contribution in [0.4, 0.5) is 0 Å². The van der Waals surface area contributed by atoms with E-state index in [-0.39, 0.29) is 0 Å². The molecule has 0 spiro atoms. The van der Waals surface area contributed by atoms with Crippen LogP contribution in [0.1, 0.15) is 25.8 Å². The minimum atomic E-state index is 0.656. The molecule has 0 saturated heterocycles. The summed E-state index contributed by atoms with van der Waals surface area (Å²) in [5.74, 6) is 1.71. The fourth-order valence-electron chi connectivity index (χ4n) is 2.38. The lowest BCUT2D eigenvalue weighted by Crippen LogP contribution is -2.22. The number of benzene rings is 1. The second kappa shape index (κ2) is 7.58. The van der Waals surface area contributed by atoms with Gasteiger partial charge in [-0.25, -0.2) is 0 Å². The second-order valence-corrected chi connectivity index (χ2v) is 6.79. The molecule has 1 unspecified atom stereocenters. The van der Waals surface area contributed by atoms with E-state index < -0.39 is 0 Å². The van der Waals surface area contributed by atoms with Crippen LogP contribution in [0.2, 0.25) is 0 Å². The van der Waals surface area contributed by atoms with E-state index in [0.717, 1.165) is 36.3 Å². The average Bonchev–Trinajstić information content (AvgIpc) is 2.86. The molecule has 0 aliphatic carbocycles. The zero-order valence-electron chi connectivity index (χ0n) is 12.6. The second-order valence-electron chi connectivity index (χ2n) is 5.50. The molecular weight excluding hydrogens is 268 g/mol. The van der Waals surface area contributed by atoms with Gasteiger partial charge in [0.15, 0.2) is 5.17 Å². The molecule has 0 bridgehead atoms. The first-order chi connectivity index (χ1) is 9.69. The molecule has 1 aliphatic rings. The predicted octanol–water partition coefficient (Wildman–Crippen LogP) is 3.34. The quantitative estimate of drug-likeness (QED) is 0.873. The number of nitrogens with zero attached hydrogens (tertiary/aromatic N) is 1. The highest BCUT2D eigenvalue weighted by Crippen LogP contribution is 2.25. The lowest BCUT2D eigenvalue weighted by Gasteiger charge is -2.12. The molecule has 3 nitrogen and oxygen atoms in total. The fraction of sp³-hybridized carbons (Fsp3) is 0.562. The summed E-state index contributed by atoms with van der Waals surface area (Å²) in [4.78, 5) is 4.58. The van der Waals surface area contributed by atoms with Crippen molar-refractivity contribution in [3.05, 3.63) is 29.8 Å². The monoisotopic (exact) mass is 292 g/mol. The van der Waals surface area contributed by atoms with Gasteiger partial charge in [-0.2, -0.15) is 0 Å². The van der Waals surface area contributed by atoms with Crippen molar-refractivity contribution in [2.75, 3.05) is 20.2 Å². The van der Waals surface area contributed by atoms with E-state index in [4.69, 9.17) is 4.74 Å². The van der Waals surface area contributed by atoms with E-state index in [9.17, 15) is 0 Å². The first kappa shape index (κ1) is 15.2. The molecule has 20 heavy (non-hydrogen) atoms. The van der Waals surface area contributed by atoms with Crippen molar-refractivity contribution in [3.63, 3.8) is 0 Å². The molecule has 0 saturated carbocycles. The van der Waals surface area contributed by atoms with Crippen molar-refractivity contribution >= 4 is 16.9 Å². The summed E-state index contributed by atoms with van der Waals surface area (Å²) in [6.45, 7) is 6.40. The topological polar surface area (TPSA) is 33.6 Å². The Kier molecular flexibility index (Phi) is 5.77. The first-order valence-electron chi connectivity index (χ1n) is 7.26. The molecule has 4 heteroatoms. The highest BCUT2D eigenvalue weighted by Gasteiger charge is 2.20. The molecule has 1 aromatic rings. The molecule has 110 valence electrons. The Labute approximate surface area is 126 Å². The maximum atomic E-state index is 5.37. The van der Waals surface area contributed by atoms with Gasteiger partial charge in [0.1, 0.15) is 5.75 Å². The Hall–Kier alpha value is -1.16. The first-order valence-corrected chi connectivity index (χ1v) is 8.14. The third kappa shape index (κ3) is 4.44. The number of nitrogens with one attached hydrogen (secondary N) is 1. The lowest BCUT2D eigenvalue weighted by molar-refractivity contribution is 0.409. The van der Waals surface area contributed by atoms with E-state index in [0.29, 0.717) is 5.25 Å². The normalized spacial score (nSPS) is 18.2. The molecule has 2 rings (SSSR count). The SMILES string of the molecule is COc1ccccc1CCNC1=NCC(CC(C)C)S1. The Morgan fingerprint density at radius 1 is 1.40 bits per heavy atom. The third-order valence-electron chi connectivity index (χ3n) is 3.31. The van der Waals surface area contributed by atoms with E-state index in [1.54, 1.807) is 7.11 Å². The van der Waals surface area contributed by atoms with Crippen LogP contribution in [0.5, 0.6) is 5.75 Å². The van der Waals surface area contributed by atoms with Crippen molar-refractivity contribution in [3.8, 4) is 5.75 Å². The summed E-state index contributed by atoms with van der Waals surface area (Å²) in [6, 6.07) is 8.18. The number of amidine groups is 1. The van der Waals surface area contributed by atoms with Gasteiger partial charge in [0, 0.05) is 11.8 Å². The van der Waals surface area contributed by atoms with Crippen molar-refractivity contribution in [1.29, 1.82) is 0 Å². The molecule has 1 atom stereocenters. The summed E-state index contributed by atoms with van der Waals surface area (Å²) in [6.07, 6.45) is 2.20. The molecule has 0 aromatic heterocycles. The molecule has 0 fully saturated rings. The number of methoxy groups -OCH3 is 1. The molecule has 1 heterocycles. The molecule has 1 N–H and O–H groups in total. The molecule has 0 amide bonds. The Balaban J connectivity index is 1.74. The number of ether oxygens (including phenoxy) is 1. The highest BCUT2D eigenvalue weighted by atomic mass is 32.2. The number of rotatable bonds is 6. The number of hydrogen-bond donors (Lipinski definition) is 1. The van der Waals surface area contributed by atoms with Crippen molar-refractivity contribution in [2.45, 2.75) is 31.9 Å². The van der Waals surface area contributed by atoms with Gasteiger partial charge in [-0.3, -0.25) is 4.99 Å². The molecular formula is C16H24N2OS. The van der Waals surface area contributed by atoms with E-state index >= 15 is 0 Å². The van der Waals surface area contributed by atoms with E-state index in [2.05, 4.69) is 36.3 Å². The fourth-order valence-corrected chi connectivity index (χ4v) is 3.66. The van der Waals surface area contributed by atoms with E-state index in [1.165, 1.54) is 12.0 Å². The third-order valence-corrected chi connectivity index (χ3v) is 4.49. The predicted molar refractivity (Wildman–Crippen MR) is 87.8 cm³/mol. The van der Waals surface area contributed by atoms with Crippen molar-refractivity contribution in [2.24, 2.45) is 10.9 Å². The van der Waals surface area contributed by atoms with Crippen LogP contribution in [0.15, 0.2) is 29.3 Å². The van der Waals surface area contributed by atoms with E-state index in [1.807, 2.05) is 23.9 Å². The smallest absolute Gasteiger partial charge is 0.156 e. The Morgan fingerprint density at radius 3 is 2.95 bits per heavy atom. The highest BCUT2D eigenvalue weighted by molar-refractivity contribution is 8.14. The Morgan fingerprint density at radius 2 is 2.20 bits per heavy atom. The summed E-state index contributed by atoms with van der Waals surface area (Å²) in [5.41, 5.74) is 1.24. The number of thioether (sulfide) groups is 1. The van der Waals surface area contributed by atoms with Gasteiger partial charge in [0.2, 0.25) is 0 Å². The lowest BCUT2D eigenvalue weighted by atomic mass is 10.1. The maximum Gasteiger partial charge on any atom is 0.156 e. The van der Waals surface area contributed by atoms with Gasteiger partial charge in [-0.1, -0.05) is 43.8 Å². The van der Waals surface area contributed by atoms with Crippen LogP contribution in [0.25, 0.3) is 0 Å². The molecule has 1 aliphatic heterocycles. The van der Waals surface area contributed by atoms with Crippen LogP contribution in [0.3, 0.4) is 0 Å². The van der Waals surface area contributed by atoms with Crippen LogP contribution in [-0.4, -0.2) is 30.6 Å². The summed E-state index contributed by atoms with van der Waals surface area (Å²) < 4.78 is 5.37. The standard InChI is InChI=1S/C16H24N2OS/c1-12(2)10-14-11-18-16(20-14)17-9-8-13-6-4-5-7-15(13)19-3/h4-7,12,14H,8-11H2,1-3H3,(H,17,18). The largest absolute Gasteiger partial charge is 0.496 e. The maximum absolute atomic E-state index is 5.37. The number of hydrogen-bond acceptors (Lipinski definition) is 4. The Bertz CT molecular complexity index is 460. The van der Waals surface area contributed by atoms with Gasteiger partial charge >= 0.3 is 0 Å².